The van der Waals surface area contributed by atoms with Crippen LogP contribution in [0.15, 0.2) is 58.5 Å². The number of rotatable bonds is 9. The van der Waals surface area contributed by atoms with E-state index in [1.807, 2.05) is 6.07 Å². The van der Waals surface area contributed by atoms with Crippen LogP contribution in [-0.4, -0.2) is 40.4 Å². The molecule has 2 aliphatic rings. The molecule has 2 bridgehead atoms. The lowest BCUT2D eigenvalue weighted by Crippen LogP contribution is -2.56. The molecule has 0 N–H and O–H groups in total. The first-order valence-electron chi connectivity index (χ1n) is 14.9. The molecule has 5 nitrogen and oxygen atoms in total. The summed E-state index contributed by atoms with van der Waals surface area (Å²) in [5, 5.41) is 5.27. The number of carbonyl (C=O) groups excluding carboxylic acids is 1. The Morgan fingerprint density at radius 2 is 1.67 bits per heavy atom. The Bertz CT molecular complexity index is 1480. The van der Waals surface area contributed by atoms with Gasteiger partial charge in [-0.3, -0.25) is 0 Å². The molecular formula is C33H46O5S2Si2. The summed E-state index contributed by atoms with van der Waals surface area (Å²) in [4.78, 5) is 15.3. The first kappa shape index (κ1) is 31.7. The van der Waals surface area contributed by atoms with Gasteiger partial charge in [-0.1, -0.05) is 53.7 Å². The summed E-state index contributed by atoms with van der Waals surface area (Å²) in [5.41, 5.74) is 0.784. The van der Waals surface area contributed by atoms with Gasteiger partial charge < -0.3 is 18.3 Å². The average molecular weight is 643 g/mol. The zero-order valence-corrected chi connectivity index (χ0v) is 30.4. The standard InChI is InChI=1S/C33H46O5S2Si2/c1-31(2,3)41(7,8)37-29-26-20-33(30(34)36-26,38-42(9,10)32(4,5)6)25(28(29)35-21-24-12-11-16-39-24)19-22-13-14-27-23(18-22)15-17-40-27/h11-18,26,29H,19-21H2,1-10H3/t26-,29+,33-/m1/s1. The normalized spacial score (nSPS) is 23.5. The van der Waals surface area contributed by atoms with E-state index >= 15 is 0 Å². The van der Waals surface area contributed by atoms with Crippen LogP contribution in [0.3, 0.4) is 0 Å². The number of thiophene rings is 2. The van der Waals surface area contributed by atoms with Crippen LogP contribution in [0.1, 0.15) is 58.4 Å². The molecule has 1 saturated heterocycles. The minimum absolute atomic E-state index is 0.0230. The molecule has 2 aromatic heterocycles. The van der Waals surface area contributed by atoms with Crippen LogP contribution < -0.4 is 0 Å². The number of carbonyl (C=O) groups is 1. The molecule has 1 fully saturated rings. The minimum Gasteiger partial charge on any atom is -0.489 e. The van der Waals surface area contributed by atoms with Gasteiger partial charge in [0.25, 0.3) is 0 Å². The van der Waals surface area contributed by atoms with Crippen LogP contribution in [0.2, 0.25) is 36.3 Å². The second-order valence-electron chi connectivity index (χ2n) is 14.8. The van der Waals surface area contributed by atoms with Crippen molar-refractivity contribution < 1.29 is 23.1 Å². The first-order valence-corrected chi connectivity index (χ1v) is 22.5. The van der Waals surface area contributed by atoms with Crippen LogP contribution in [0, 0.1) is 0 Å². The molecule has 0 spiro atoms. The highest BCUT2D eigenvalue weighted by molar-refractivity contribution is 7.17. The van der Waals surface area contributed by atoms with Gasteiger partial charge in [0.05, 0.1) is 0 Å². The van der Waals surface area contributed by atoms with Crippen LogP contribution in [-0.2, 0) is 36.1 Å². The van der Waals surface area contributed by atoms with Gasteiger partial charge in [-0.15, -0.1) is 22.7 Å². The molecule has 0 radical (unpaired) electrons. The summed E-state index contributed by atoms with van der Waals surface area (Å²) in [5.74, 6) is 0.418. The van der Waals surface area contributed by atoms with E-state index in [2.05, 4.69) is 109 Å². The van der Waals surface area contributed by atoms with Crippen molar-refractivity contribution in [2.75, 3.05) is 0 Å². The van der Waals surface area contributed by atoms with Crippen molar-refractivity contribution in [3.8, 4) is 0 Å². The third kappa shape index (κ3) is 5.85. The summed E-state index contributed by atoms with van der Waals surface area (Å²) < 4.78 is 28.6. The molecule has 5 rings (SSSR count). The van der Waals surface area contributed by atoms with E-state index in [0.29, 0.717) is 19.4 Å². The largest absolute Gasteiger partial charge is 0.489 e. The number of fused-ring (bicyclic) bond motifs is 3. The summed E-state index contributed by atoms with van der Waals surface area (Å²) >= 11 is 3.40. The third-order valence-corrected chi connectivity index (χ3v) is 20.4. The second-order valence-corrected chi connectivity index (χ2v) is 26.3. The van der Waals surface area contributed by atoms with Crippen molar-refractivity contribution in [3.05, 3.63) is 68.9 Å². The Labute approximate surface area is 261 Å². The number of hydrogen-bond acceptors (Lipinski definition) is 7. The lowest BCUT2D eigenvalue weighted by atomic mass is 9.79. The second kappa shape index (κ2) is 11.0. The Kier molecular flexibility index (Phi) is 8.29. The Morgan fingerprint density at radius 3 is 2.31 bits per heavy atom. The van der Waals surface area contributed by atoms with Gasteiger partial charge in [0.2, 0.25) is 0 Å². The van der Waals surface area contributed by atoms with Crippen molar-refractivity contribution in [2.24, 2.45) is 0 Å². The maximum Gasteiger partial charge on any atom is 0.342 e. The molecule has 1 aliphatic heterocycles. The average Bonchev–Trinajstić information content (AvgIpc) is 3.60. The summed E-state index contributed by atoms with van der Waals surface area (Å²) in [6.45, 7) is 22.7. The lowest BCUT2D eigenvalue weighted by molar-refractivity contribution is -0.152. The van der Waals surface area contributed by atoms with Crippen molar-refractivity contribution >= 4 is 55.4 Å². The van der Waals surface area contributed by atoms with E-state index in [9.17, 15) is 4.79 Å². The highest BCUT2D eigenvalue weighted by atomic mass is 32.1. The van der Waals surface area contributed by atoms with Gasteiger partial charge in [-0.2, -0.15) is 0 Å². The molecule has 1 aliphatic carbocycles. The number of benzene rings is 1. The fourth-order valence-corrected chi connectivity index (χ4v) is 9.33. The smallest absolute Gasteiger partial charge is 0.342 e. The molecule has 1 aromatic carbocycles. The quantitative estimate of drug-likeness (QED) is 0.172. The fraction of sp³-hybridized carbons (Fsp3) is 0.545. The van der Waals surface area contributed by atoms with Gasteiger partial charge in [0.1, 0.15) is 24.6 Å². The molecule has 3 heterocycles. The Morgan fingerprint density at radius 1 is 0.952 bits per heavy atom. The third-order valence-electron chi connectivity index (χ3n) is 9.77. The molecule has 0 unspecified atom stereocenters. The van der Waals surface area contributed by atoms with Crippen molar-refractivity contribution in [3.63, 3.8) is 0 Å². The Hall–Kier alpha value is -1.76. The number of esters is 1. The molecule has 0 saturated carbocycles. The minimum atomic E-state index is -2.42. The van der Waals surface area contributed by atoms with Crippen LogP contribution >= 0.6 is 22.7 Å². The Balaban J connectivity index is 1.69. The van der Waals surface area contributed by atoms with Crippen molar-refractivity contribution in [1.29, 1.82) is 0 Å². The maximum absolute atomic E-state index is 14.2. The summed E-state index contributed by atoms with van der Waals surface area (Å²) in [6.07, 6.45) is 0.0324. The number of hydrogen-bond donors (Lipinski definition) is 0. The number of ether oxygens (including phenoxy) is 2. The topological polar surface area (TPSA) is 54.0 Å². The monoisotopic (exact) mass is 642 g/mol. The summed E-state index contributed by atoms with van der Waals surface area (Å²) in [6, 6.07) is 12.8. The van der Waals surface area contributed by atoms with Crippen LogP contribution in [0.25, 0.3) is 10.1 Å². The molecular weight excluding hydrogens is 597 g/mol. The fourth-order valence-electron chi connectivity index (χ4n) is 5.23. The zero-order valence-electron chi connectivity index (χ0n) is 26.8. The van der Waals surface area contributed by atoms with Gasteiger partial charge >= 0.3 is 5.97 Å². The predicted molar refractivity (Wildman–Crippen MR) is 179 cm³/mol. The zero-order chi connectivity index (χ0) is 30.7. The van der Waals surface area contributed by atoms with Crippen LogP contribution in [0.5, 0.6) is 0 Å². The first-order chi connectivity index (χ1) is 19.4. The highest BCUT2D eigenvalue weighted by Crippen LogP contribution is 2.52. The molecule has 228 valence electrons. The molecule has 0 amide bonds. The molecule has 3 aromatic rings. The van der Waals surface area contributed by atoms with Gasteiger partial charge in [-0.25, -0.2) is 4.79 Å². The van der Waals surface area contributed by atoms with E-state index in [1.165, 1.54) is 10.1 Å². The van der Waals surface area contributed by atoms with E-state index in [0.717, 1.165) is 21.8 Å². The van der Waals surface area contributed by atoms with Crippen molar-refractivity contribution in [1.82, 2.24) is 0 Å². The van der Waals surface area contributed by atoms with Gasteiger partial charge in [0.15, 0.2) is 22.2 Å². The van der Waals surface area contributed by atoms with Gasteiger partial charge in [-0.05, 0) is 82.2 Å². The summed E-state index contributed by atoms with van der Waals surface area (Å²) in [7, 11) is -4.69. The highest BCUT2D eigenvalue weighted by Gasteiger charge is 2.64. The maximum atomic E-state index is 14.2. The molecule has 42 heavy (non-hydrogen) atoms. The van der Waals surface area contributed by atoms with E-state index < -0.39 is 34.4 Å². The predicted octanol–water partition coefficient (Wildman–Crippen LogP) is 9.46. The van der Waals surface area contributed by atoms with E-state index in [-0.39, 0.29) is 16.0 Å². The molecule has 3 atom stereocenters. The lowest BCUT2D eigenvalue weighted by Gasteiger charge is -2.47. The van der Waals surface area contributed by atoms with Gasteiger partial charge in [0, 0.05) is 28.0 Å². The van der Waals surface area contributed by atoms with E-state index in [4.69, 9.17) is 18.3 Å². The molecule has 9 heteroatoms. The van der Waals surface area contributed by atoms with E-state index in [1.54, 1.807) is 22.7 Å². The van der Waals surface area contributed by atoms with Crippen molar-refractivity contribution in [2.45, 2.75) is 115 Å². The van der Waals surface area contributed by atoms with Crippen LogP contribution in [0.4, 0.5) is 0 Å². The SMILES string of the molecule is CC(C)(C)[Si](C)(C)O[C@@H]1C(OCc2cccs2)=C(Cc2ccc3sccc3c2)[C@]2(O[Si](C)(C)C(C)(C)C)C[C@H]1OC2=O.